The van der Waals surface area contributed by atoms with E-state index in [1.165, 1.54) is 0 Å². The van der Waals surface area contributed by atoms with E-state index in [9.17, 15) is 4.39 Å². The Kier molecular flexibility index (Phi) is 3.65. The molecule has 0 saturated carbocycles. The molecule has 5 heteroatoms. The Balaban J connectivity index is 1.73. The van der Waals surface area contributed by atoms with Gasteiger partial charge in [-0.2, -0.15) is 0 Å². The van der Waals surface area contributed by atoms with E-state index in [1.807, 2.05) is 18.2 Å². The highest BCUT2D eigenvalue weighted by Gasteiger charge is 2.10. The molecule has 1 heterocycles. The van der Waals surface area contributed by atoms with Crippen LogP contribution in [-0.4, -0.2) is 13.2 Å². The summed E-state index contributed by atoms with van der Waals surface area (Å²) >= 11 is 5.76. The average Bonchev–Trinajstić information content (AvgIpc) is 2.48. The van der Waals surface area contributed by atoms with Gasteiger partial charge in [-0.15, -0.1) is 0 Å². The Morgan fingerprint density at radius 2 is 2.20 bits per heavy atom. The van der Waals surface area contributed by atoms with Crippen LogP contribution < -0.4 is 15.4 Å². The Morgan fingerprint density at radius 1 is 1.30 bits per heavy atom. The third-order valence-corrected chi connectivity index (χ3v) is 3.46. The van der Waals surface area contributed by atoms with Gasteiger partial charge in [-0.25, -0.2) is 4.39 Å². The zero-order valence-corrected chi connectivity index (χ0v) is 11.5. The Morgan fingerprint density at radius 3 is 3.10 bits per heavy atom. The van der Waals surface area contributed by atoms with Crippen LogP contribution in [0.3, 0.4) is 0 Å². The van der Waals surface area contributed by atoms with Gasteiger partial charge in [0, 0.05) is 30.4 Å². The topological polar surface area (TPSA) is 33.3 Å². The molecule has 3 nitrogen and oxygen atoms in total. The smallest absolute Gasteiger partial charge is 0.146 e. The highest BCUT2D eigenvalue weighted by atomic mass is 35.5. The maximum atomic E-state index is 13.8. The van der Waals surface area contributed by atoms with Crippen molar-refractivity contribution < 1.29 is 9.13 Å². The first-order valence-electron chi connectivity index (χ1n) is 6.41. The van der Waals surface area contributed by atoms with Gasteiger partial charge in [0.25, 0.3) is 0 Å². The standard InChI is InChI=1S/C15H14ClFN2O/c16-12-3-1-2-10(15(12)17)9-19-11-4-5-13-14(8-11)20-7-6-18-13/h1-5,8,18-19H,6-7,9H2. The van der Waals surface area contributed by atoms with Gasteiger partial charge in [-0.1, -0.05) is 23.7 Å². The van der Waals surface area contributed by atoms with Crippen LogP contribution in [0.15, 0.2) is 36.4 Å². The zero-order valence-electron chi connectivity index (χ0n) is 10.7. The predicted molar refractivity (Wildman–Crippen MR) is 79.2 cm³/mol. The molecule has 0 atom stereocenters. The van der Waals surface area contributed by atoms with E-state index in [4.69, 9.17) is 16.3 Å². The van der Waals surface area contributed by atoms with Crippen molar-refractivity contribution in [1.29, 1.82) is 0 Å². The minimum atomic E-state index is -0.377. The summed E-state index contributed by atoms with van der Waals surface area (Å²) < 4.78 is 19.3. The van der Waals surface area contributed by atoms with E-state index >= 15 is 0 Å². The highest BCUT2D eigenvalue weighted by molar-refractivity contribution is 6.30. The third-order valence-electron chi connectivity index (χ3n) is 3.17. The second-order valence-electron chi connectivity index (χ2n) is 4.55. The number of fused-ring (bicyclic) bond motifs is 1. The first-order valence-corrected chi connectivity index (χ1v) is 6.79. The molecule has 0 saturated heterocycles. The molecule has 3 rings (SSSR count). The second kappa shape index (κ2) is 5.59. The number of ether oxygens (including phenoxy) is 1. The maximum absolute atomic E-state index is 13.8. The van der Waals surface area contributed by atoms with E-state index in [-0.39, 0.29) is 10.8 Å². The molecule has 0 fully saturated rings. The molecule has 1 aliphatic rings. The summed E-state index contributed by atoms with van der Waals surface area (Å²) in [5.74, 6) is 0.436. The van der Waals surface area contributed by atoms with Crippen molar-refractivity contribution >= 4 is 23.0 Å². The van der Waals surface area contributed by atoms with Crippen LogP contribution in [-0.2, 0) is 6.54 Å². The lowest BCUT2D eigenvalue weighted by molar-refractivity contribution is 0.323. The van der Waals surface area contributed by atoms with Gasteiger partial charge in [0.1, 0.15) is 18.2 Å². The summed E-state index contributed by atoms with van der Waals surface area (Å²) in [6.45, 7) is 1.84. The lowest BCUT2D eigenvalue weighted by Crippen LogP contribution is -2.18. The van der Waals surface area contributed by atoms with Crippen molar-refractivity contribution in [3.63, 3.8) is 0 Å². The Bertz CT molecular complexity index is 633. The molecular weight excluding hydrogens is 279 g/mol. The maximum Gasteiger partial charge on any atom is 0.146 e. The Hall–Kier alpha value is -1.94. The van der Waals surface area contributed by atoms with Gasteiger partial charge in [0.2, 0.25) is 0 Å². The van der Waals surface area contributed by atoms with Crippen LogP contribution in [0.2, 0.25) is 5.02 Å². The average molecular weight is 293 g/mol. The number of hydrogen-bond donors (Lipinski definition) is 2. The van der Waals surface area contributed by atoms with E-state index in [0.717, 1.165) is 23.7 Å². The molecule has 104 valence electrons. The highest BCUT2D eigenvalue weighted by Crippen LogP contribution is 2.30. The number of nitrogens with one attached hydrogen (secondary N) is 2. The van der Waals surface area contributed by atoms with E-state index in [2.05, 4.69) is 10.6 Å². The van der Waals surface area contributed by atoms with Crippen LogP contribution in [0.4, 0.5) is 15.8 Å². The van der Waals surface area contributed by atoms with Crippen molar-refractivity contribution in [3.05, 3.63) is 52.8 Å². The number of halogens is 2. The van der Waals surface area contributed by atoms with Gasteiger partial charge in [0.05, 0.1) is 10.7 Å². The lowest BCUT2D eigenvalue weighted by Gasteiger charge is -2.20. The molecular formula is C15H14ClFN2O. The molecule has 0 amide bonds. The van der Waals surface area contributed by atoms with Crippen molar-refractivity contribution in [2.75, 3.05) is 23.8 Å². The molecule has 0 spiro atoms. The second-order valence-corrected chi connectivity index (χ2v) is 4.96. The number of rotatable bonds is 3. The zero-order chi connectivity index (χ0) is 13.9. The fourth-order valence-electron chi connectivity index (χ4n) is 2.13. The Labute approximate surface area is 121 Å². The van der Waals surface area contributed by atoms with Crippen molar-refractivity contribution in [3.8, 4) is 5.75 Å². The van der Waals surface area contributed by atoms with Gasteiger partial charge < -0.3 is 15.4 Å². The van der Waals surface area contributed by atoms with Crippen LogP contribution in [0.25, 0.3) is 0 Å². The third kappa shape index (κ3) is 2.65. The summed E-state index contributed by atoms with van der Waals surface area (Å²) in [4.78, 5) is 0. The SMILES string of the molecule is Fc1c(Cl)cccc1CNc1ccc2c(c1)OCCN2. The van der Waals surface area contributed by atoms with Crippen LogP contribution in [0.5, 0.6) is 5.75 Å². The monoisotopic (exact) mass is 292 g/mol. The molecule has 0 radical (unpaired) electrons. The number of hydrogen-bond acceptors (Lipinski definition) is 3. The molecule has 2 aromatic rings. The number of benzene rings is 2. The first kappa shape index (κ1) is 13.1. The summed E-state index contributed by atoms with van der Waals surface area (Å²) in [6, 6.07) is 10.8. The molecule has 2 N–H and O–H groups in total. The fourth-order valence-corrected chi connectivity index (χ4v) is 2.32. The van der Waals surface area contributed by atoms with E-state index in [0.29, 0.717) is 18.7 Å². The predicted octanol–water partition coefficient (Wildman–Crippen LogP) is 3.90. The largest absolute Gasteiger partial charge is 0.490 e. The minimum absolute atomic E-state index is 0.141. The molecule has 20 heavy (non-hydrogen) atoms. The minimum Gasteiger partial charge on any atom is -0.490 e. The van der Waals surface area contributed by atoms with E-state index in [1.54, 1.807) is 18.2 Å². The molecule has 0 unspecified atom stereocenters. The molecule has 0 bridgehead atoms. The summed E-state index contributed by atoms with van der Waals surface area (Å²) in [5.41, 5.74) is 2.40. The molecule has 0 aliphatic carbocycles. The summed E-state index contributed by atoms with van der Waals surface area (Å²) in [7, 11) is 0. The number of anilines is 2. The van der Waals surface area contributed by atoms with E-state index < -0.39 is 0 Å². The van der Waals surface area contributed by atoms with Gasteiger partial charge in [-0.3, -0.25) is 0 Å². The quantitative estimate of drug-likeness (QED) is 0.900. The lowest BCUT2D eigenvalue weighted by atomic mass is 10.2. The van der Waals surface area contributed by atoms with Crippen molar-refractivity contribution in [2.24, 2.45) is 0 Å². The summed E-state index contributed by atoms with van der Waals surface area (Å²) in [6.07, 6.45) is 0. The van der Waals surface area contributed by atoms with Gasteiger partial charge in [-0.05, 0) is 18.2 Å². The van der Waals surface area contributed by atoms with Gasteiger partial charge >= 0.3 is 0 Å². The van der Waals surface area contributed by atoms with Crippen molar-refractivity contribution in [2.45, 2.75) is 6.54 Å². The molecule has 0 aromatic heterocycles. The fraction of sp³-hybridized carbons (Fsp3) is 0.200. The molecule has 2 aromatic carbocycles. The summed E-state index contributed by atoms with van der Waals surface area (Å²) in [5, 5.41) is 6.56. The van der Waals surface area contributed by atoms with Crippen LogP contribution in [0.1, 0.15) is 5.56 Å². The van der Waals surface area contributed by atoms with Gasteiger partial charge in [0.15, 0.2) is 0 Å². The molecule has 1 aliphatic heterocycles. The van der Waals surface area contributed by atoms with Crippen molar-refractivity contribution in [1.82, 2.24) is 0 Å². The van der Waals surface area contributed by atoms with Crippen LogP contribution in [0, 0.1) is 5.82 Å². The first-order chi connectivity index (χ1) is 9.74. The normalized spacial score (nSPS) is 13.1. The van der Waals surface area contributed by atoms with Crippen LogP contribution >= 0.6 is 11.6 Å².